The SMILES string of the molecule is C=CC(=C\C)/C(N)=N/N=C\C. The Labute approximate surface area is 67.0 Å². The van der Waals surface area contributed by atoms with E-state index in [0.29, 0.717) is 5.84 Å². The van der Waals surface area contributed by atoms with Crippen molar-refractivity contribution in [1.29, 1.82) is 0 Å². The maximum atomic E-state index is 5.52. The van der Waals surface area contributed by atoms with Crippen molar-refractivity contribution in [3.05, 3.63) is 24.3 Å². The highest BCUT2D eigenvalue weighted by atomic mass is 15.2. The topological polar surface area (TPSA) is 50.7 Å². The van der Waals surface area contributed by atoms with Crippen LogP contribution in [0.1, 0.15) is 13.8 Å². The predicted octanol–water partition coefficient (Wildman–Crippen LogP) is 1.48. The largest absolute Gasteiger partial charge is 0.382 e. The van der Waals surface area contributed by atoms with Crippen LogP contribution in [0.4, 0.5) is 0 Å². The number of hydrogen-bond acceptors (Lipinski definition) is 2. The molecule has 0 rings (SSSR count). The normalized spacial score (nSPS) is 14.0. The Hall–Kier alpha value is -1.38. The molecule has 3 heteroatoms. The van der Waals surface area contributed by atoms with Crippen LogP contribution in [0.2, 0.25) is 0 Å². The summed E-state index contributed by atoms with van der Waals surface area (Å²) in [5.41, 5.74) is 6.32. The van der Waals surface area contributed by atoms with Gasteiger partial charge in [0.25, 0.3) is 0 Å². The molecule has 0 aromatic carbocycles. The summed E-state index contributed by atoms with van der Waals surface area (Å²) in [6, 6.07) is 0. The Morgan fingerprint density at radius 1 is 1.45 bits per heavy atom. The van der Waals surface area contributed by atoms with Gasteiger partial charge in [-0.15, -0.1) is 5.10 Å². The molecule has 0 heterocycles. The molecule has 11 heavy (non-hydrogen) atoms. The zero-order valence-electron chi connectivity index (χ0n) is 6.91. The van der Waals surface area contributed by atoms with E-state index < -0.39 is 0 Å². The molecule has 0 radical (unpaired) electrons. The molecular formula is C8H13N3. The van der Waals surface area contributed by atoms with E-state index in [0.717, 1.165) is 5.57 Å². The minimum absolute atomic E-state index is 0.389. The van der Waals surface area contributed by atoms with Crippen molar-refractivity contribution in [1.82, 2.24) is 0 Å². The van der Waals surface area contributed by atoms with Gasteiger partial charge < -0.3 is 5.73 Å². The molecule has 0 aliphatic rings. The quantitative estimate of drug-likeness (QED) is 0.282. The molecule has 0 saturated heterocycles. The lowest BCUT2D eigenvalue weighted by molar-refractivity contribution is 1.23. The maximum Gasteiger partial charge on any atom is 0.152 e. The van der Waals surface area contributed by atoms with Gasteiger partial charge in [-0.1, -0.05) is 18.7 Å². The van der Waals surface area contributed by atoms with Crippen LogP contribution in [0.15, 0.2) is 34.5 Å². The predicted molar refractivity (Wildman–Crippen MR) is 49.7 cm³/mol. The van der Waals surface area contributed by atoms with Gasteiger partial charge in [-0.2, -0.15) is 5.10 Å². The highest BCUT2D eigenvalue weighted by Gasteiger charge is 1.93. The zero-order valence-corrected chi connectivity index (χ0v) is 6.91. The Kier molecular flexibility index (Phi) is 4.73. The second kappa shape index (κ2) is 5.41. The van der Waals surface area contributed by atoms with Crippen LogP contribution < -0.4 is 5.73 Å². The van der Waals surface area contributed by atoms with Gasteiger partial charge in [-0.25, -0.2) is 0 Å². The zero-order chi connectivity index (χ0) is 8.69. The first-order valence-electron chi connectivity index (χ1n) is 3.36. The number of hydrogen-bond donors (Lipinski definition) is 1. The fourth-order valence-electron chi connectivity index (χ4n) is 0.548. The van der Waals surface area contributed by atoms with Gasteiger partial charge in [0.05, 0.1) is 0 Å². The first kappa shape index (κ1) is 9.62. The summed E-state index contributed by atoms with van der Waals surface area (Å²) in [7, 11) is 0. The van der Waals surface area contributed by atoms with Gasteiger partial charge in [0, 0.05) is 11.8 Å². The van der Waals surface area contributed by atoms with E-state index in [1.807, 2.05) is 13.0 Å². The third-order valence-corrected chi connectivity index (χ3v) is 1.11. The molecule has 0 aromatic heterocycles. The number of amidine groups is 1. The second-order valence-corrected chi connectivity index (χ2v) is 1.81. The summed E-state index contributed by atoms with van der Waals surface area (Å²) in [4.78, 5) is 0. The molecule has 0 saturated carbocycles. The van der Waals surface area contributed by atoms with Crippen molar-refractivity contribution in [3.63, 3.8) is 0 Å². The second-order valence-electron chi connectivity index (χ2n) is 1.81. The molecule has 0 atom stereocenters. The van der Waals surface area contributed by atoms with E-state index in [1.165, 1.54) is 0 Å². The van der Waals surface area contributed by atoms with Crippen molar-refractivity contribution >= 4 is 12.1 Å². The lowest BCUT2D eigenvalue weighted by Crippen LogP contribution is -2.12. The lowest BCUT2D eigenvalue weighted by atomic mass is 10.2. The summed E-state index contributed by atoms with van der Waals surface area (Å²) in [6.45, 7) is 7.23. The first-order chi connectivity index (χ1) is 5.26. The number of allylic oxidation sites excluding steroid dienone is 1. The van der Waals surface area contributed by atoms with Crippen molar-refractivity contribution < 1.29 is 0 Å². The summed E-state index contributed by atoms with van der Waals surface area (Å²) < 4.78 is 0. The molecule has 0 fully saturated rings. The van der Waals surface area contributed by atoms with E-state index in [4.69, 9.17) is 5.73 Å². The number of nitrogens with two attached hydrogens (primary N) is 1. The van der Waals surface area contributed by atoms with Crippen molar-refractivity contribution in [3.8, 4) is 0 Å². The average Bonchev–Trinajstić information content (AvgIpc) is 2.03. The molecule has 0 unspecified atom stereocenters. The van der Waals surface area contributed by atoms with Crippen LogP contribution in [-0.2, 0) is 0 Å². The van der Waals surface area contributed by atoms with E-state index in [2.05, 4.69) is 16.8 Å². The van der Waals surface area contributed by atoms with Crippen LogP contribution in [0.5, 0.6) is 0 Å². The molecule has 0 spiro atoms. The van der Waals surface area contributed by atoms with Gasteiger partial charge in [-0.05, 0) is 13.8 Å². The summed E-state index contributed by atoms with van der Waals surface area (Å²) in [5, 5.41) is 7.35. The monoisotopic (exact) mass is 151 g/mol. The smallest absolute Gasteiger partial charge is 0.152 e. The van der Waals surface area contributed by atoms with Crippen molar-refractivity contribution in [2.24, 2.45) is 15.9 Å². The molecule has 2 N–H and O–H groups in total. The molecule has 0 aliphatic heterocycles. The van der Waals surface area contributed by atoms with E-state index in [1.54, 1.807) is 19.2 Å². The summed E-state index contributed by atoms with van der Waals surface area (Å²) in [6.07, 6.45) is 5.05. The Balaban J connectivity index is 4.44. The van der Waals surface area contributed by atoms with Crippen LogP contribution in [0, 0.1) is 0 Å². The Morgan fingerprint density at radius 3 is 2.45 bits per heavy atom. The van der Waals surface area contributed by atoms with Crippen LogP contribution in [0.3, 0.4) is 0 Å². The third kappa shape index (κ3) is 3.35. The highest BCUT2D eigenvalue weighted by molar-refractivity contribution is 5.99. The Morgan fingerprint density at radius 2 is 2.09 bits per heavy atom. The minimum atomic E-state index is 0.389. The standard InChI is InChI=1S/C8H13N3/c1-4-7(5-2)8(9)11-10-6-3/h4-6H,1H2,2-3H3,(H2,9,11)/b7-5+,10-6-. The summed E-state index contributed by atoms with van der Waals surface area (Å²) in [5.74, 6) is 0.389. The van der Waals surface area contributed by atoms with E-state index in [-0.39, 0.29) is 0 Å². The average molecular weight is 151 g/mol. The van der Waals surface area contributed by atoms with Gasteiger partial charge >= 0.3 is 0 Å². The number of rotatable bonds is 3. The summed E-state index contributed by atoms with van der Waals surface area (Å²) >= 11 is 0. The molecule has 60 valence electrons. The van der Waals surface area contributed by atoms with E-state index in [9.17, 15) is 0 Å². The maximum absolute atomic E-state index is 5.52. The fourth-order valence-corrected chi connectivity index (χ4v) is 0.548. The molecule has 0 aromatic rings. The highest BCUT2D eigenvalue weighted by Crippen LogP contribution is 1.94. The Bertz CT molecular complexity index is 211. The van der Waals surface area contributed by atoms with Crippen molar-refractivity contribution in [2.45, 2.75) is 13.8 Å². The molecular weight excluding hydrogens is 138 g/mol. The van der Waals surface area contributed by atoms with Crippen molar-refractivity contribution in [2.75, 3.05) is 0 Å². The third-order valence-electron chi connectivity index (χ3n) is 1.11. The van der Waals surface area contributed by atoms with Crippen LogP contribution >= 0.6 is 0 Å². The lowest BCUT2D eigenvalue weighted by Gasteiger charge is -1.95. The van der Waals surface area contributed by atoms with E-state index >= 15 is 0 Å². The van der Waals surface area contributed by atoms with Crippen LogP contribution in [0.25, 0.3) is 0 Å². The molecule has 3 nitrogen and oxygen atoms in total. The van der Waals surface area contributed by atoms with Gasteiger partial charge in [-0.3, -0.25) is 0 Å². The molecule has 0 aliphatic carbocycles. The van der Waals surface area contributed by atoms with Crippen LogP contribution in [-0.4, -0.2) is 12.1 Å². The minimum Gasteiger partial charge on any atom is -0.382 e. The number of nitrogens with zero attached hydrogens (tertiary/aromatic N) is 2. The first-order valence-corrected chi connectivity index (χ1v) is 3.36. The van der Waals surface area contributed by atoms with Gasteiger partial charge in [0.2, 0.25) is 0 Å². The van der Waals surface area contributed by atoms with Gasteiger partial charge in [0.1, 0.15) is 0 Å². The van der Waals surface area contributed by atoms with Gasteiger partial charge in [0.15, 0.2) is 5.84 Å². The molecule has 0 bridgehead atoms. The fraction of sp³-hybridized carbons (Fsp3) is 0.250. The molecule has 0 amide bonds.